The minimum absolute atomic E-state index is 0.140. The van der Waals surface area contributed by atoms with Gasteiger partial charge in [-0.1, -0.05) is 17.3 Å². The molecule has 2 aromatic heterocycles. The molecule has 2 heterocycles. The van der Waals surface area contributed by atoms with Crippen molar-refractivity contribution in [2.75, 3.05) is 12.8 Å². The van der Waals surface area contributed by atoms with Crippen LogP contribution in [0.3, 0.4) is 0 Å². The number of anilines is 1. The fraction of sp³-hybridized carbons (Fsp3) is 0.278. The lowest BCUT2D eigenvalue weighted by molar-refractivity contribution is 0.0716. The van der Waals surface area contributed by atoms with Gasteiger partial charge in [0, 0.05) is 23.9 Å². The van der Waals surface area contributed by atoms with Gasteiger partial charge >= 0.3 is 0 Å². The molecule has 0 spiro atoms. The van der Waals surface area contributed by atoms with Crippen molar-refractivity contribution in [3.8, 4) is 11.3 Å². The van der Waals surface area contributed by atoms with Gasteiger partial charge in [0.2, 0.25) is 11.8 Å². The molecule has 3 rings (SSSR count). The molecule has 0 saturated carbocycles. The summed E-state index contributed by atoms with van der Waals surface area (Å²) in [6.07, 6.45) is 0. The first-order valence-electron chi connectivity index (χ1n) is 8.14. The van der Waals surface area contributed by atoms with E-state index in [-0.39, 0.29) is 17.9 Å². The Balaban J connectivity index is 1.80. The number of benzene rings is 1. The van der Waals surface area contributed by atoms with Crippen LogP contribution < -0.4 is 5.73 Å². The van der Waals surface area contributed by atoms with Crippen LogP contribution in [-0.4, -0.2) is 38.0 Å². The Morgan fingerprint density at radius 3 is 2.42 bits per heavy atom. The quantitative estimate of drug-likeness (QED) is 0.768. The fourth-order valence-electron chi connectivity index (χ4n) is 2.55. The van der Waals surface area contributed by atoms with Gasteiger partial charge in [-0.3, -0.25) is 4.79 Å². The maximum atomic E-state index is 12.7. The highest BCUT2D eigenvalue weighted by Gasteiger charge is 2.23. The van der Waals surface area contributed by atoms with Gasteiger partial charge in [0.15, 0.2) is 5.82 Å². The monoisotopic (exact) mass is 352 g/mol. The van der Waals surface area contributed by atoms with Crippen LogP contribution in [0, 0.1) is 13.8 Å². The summed E-state index contributed by atoms with van der Waals surface area (Å²) >= 11 is 0. The summed E-state index contributed by atoms with van der Waals surface area (Å²) in [6.45, 7) is 5.43. The van der Waals surface area contributed by atoms with Gasteiger partial charge in [0.05, 0.1) is 5.69 Å². The van der Waals surface area contributed by atoms with Crippen LogP contribution in [0.4, 0.5) is 5.95 Å². The van der Waals surface area contributed by atoms with Gasteiger partial charge in [-0.2, -0.15) is 4.98 Å². The molecule has 1 amide bonds. The summed E-state index contributed by atoms with van der Waals surface area (Å²) in [6, 6.07) is 8.71. The fourth-order valence-corrected chi connectivity index (χ4v) is 2.55. The van der Waals surface area contributed by atoms with Crippen molar-refractivity contribution in [1.29, 1.82) is 0 Å². The number of aromatic nitrogens is 4. The second-order valence-electron chi connectivity index (χ2n) is 6.10. The molecule has 0 bridgehead atoms. The van der Waals surface area contributed by atoms with Crippen LogP contribution in [0.5, 0.6) is 0 Å². The molecular weight excluding hydrogens is 332 g/mol. The molecule has 8 heteroatoms. The number of nitrogens with two attached hydrogens (primary N) is 1. The highest BCUT2D eigenvalue weighted by Crippen LogP contribution is 2.22. The molecule has 8 nitrogen and oxygen atoms in total. The number of aryl methyl sites for hydroxylation is 2. The van der Waals surface area contributed by atoms with E-state index in [1.165, 1.54) is 0 Å². The third kappa shape index (κ3) is 3.53. The number of nitrogen functional groups attached to an aromatic ring is 1. The SMILES string of the molecule is Cc1cc(-c2ccc(C(=O)N(C)[C@@H](C)c3nc(C)no3)cc2)nc(N)n1. The van der Waals surface area contributed by atoms with E-state index in [1.54, 1.807) is 31.0 Å². The predicted molar refractivity (Wildman–Crippen MR) is 96.2 cm³/mol. The Morgan fingerprint density at radius 1 is 1.15 bits per heavy atom. The number of nitrogens with zero attached hydrogens (tertiary/aromatic N) is 5. The maximum Gasteiger partial charge on any atom is 0.254 e. The highest BCUT2D eigenvalue weighted by atomic mass is 16.5. The molecule has 0 unspecified atom stereocenters. The molecule has 0 aliphatic carbocycles. The molecule has 3 aromatic rings. The average Bonchev–Trinajstić information content (AvgIpc) is 3.05. The number of hydrogen-bond acceptors (Lipinski definition) is 7. The van der Waals surface area contributed by atoms with E-state index in [1.807, 2.05) is 32.0 Å². The Kier molecular flexibility index (Phi) is 4.66. The average molecular weight is 352 g/mol. The van der Waals surface area contributed by atoms with E-state index in [9.17, 15) is 4.79 Å². The summed E-state index contributed by atoms with van der Waals surface area (Å²) in [4.78, 5) is 26.7. The zero-order valence-corrected chi connectivity index (χ0v) is 15.1. The van der Waals surface area contributed by atoms with Crippen molar-refractivity contribution in [2.24, 2.45) is 0 Å². The van der Waals surface area contributed by atoms with Crippen LogP contribution in [0.2, 0.25) is 0 Å². The van der Waals surface area contributed by atoms with Crippen molar-refractivity contribution < 1.29 is 9.32 Å². The number of amides is 1. The molecule has 0 radical (unpaired) electrons. The van der Waals surface area contributed by atoms with Crippen LogP contribution in [0.1, 0.15) is 40.7 Å². The summed E-state index contributed by atoms with van der Waals surface area (Å²) in [7, 11) is 1.70. The lowest BCUT2D eigenvalue weighted by Crippen LogP contribution is -2.29. The molecule has 0 fully saturated rings. The smallest absolute Gasteiger partial charge is 0.254 e. The summed E-state index contributed by atoms with van der Waals surface area (Å²) < 4.78 is 5.15. The largest absolute Gasteiger partial charge is 0.368 e. The normalized spacial score (nSPS) is 12.0. The van der Waals surface area contributed by atoms with Gasteiger partial charge in [-0.05, 0) is 39.0 Å². The minimum Gasteiger partial charge on any atom is -0.368 e. The lowest BCUT2D eigenvalue weighted by atomic mass is 10.1. The molecule has 134 valence electrons. The summed E-state index contributed by atoms with van der Waals surface area (Å²) in [5.74, 6) is 1.03. The lowest BCUT2D eigenvalue weighted by Gasteiger charge is -2.22. The van der Waals surface area contributed by atoms with Crippen molar-refractivity contribution >= 4 is 11.9 Å². The van der Waals surface area contributed by atoms with E-state index in [2.05, 4.69) is 20.1 Å². The van der Waals surface area contributed by atoms with Gasteiger partial charge in [-0.15, -0.1) is 0 Å². The van der Waals surface area contributed by atoms with Crippen molar-refractivity contribution in [1.82, 2.24) is 25.0 Å². The third-order valence-corrected chi connectivity index (χ3v) is 4.10. The van der Waals surface area contributed by atoms with Crippen LogP contribution in [-0.2, 0) is 0 Å². The number of carbonyl (C=O) groups excluding carboxylic acids is 1. The molecule has 1 atom stereocenters. The Morgan fingerprint density at radius 2 is 1.85 bits per heavy atom. The van der Waals surface area contributed by atoms with Crippen molar-refractivity contribution in [3.05, 3.63) is 53.3 Å². The van der Waals surface area contributed by atoms with Crippen LogP contribution in [0.25, 0.3) is 11.3 Å². The minimum atomic E-state index is -0.326. The molecule has 0 aliphatic heterocycles. The zero-order chi connectivity index (χ0) is 18.8. The molecule has 0 saturated heterocycles. The first-order valence-corrected chi connectivity index (χ1v) is 8.14. The predicted octanol–water partition coefficient (Wildman–Crippen LogP) is 2.56. The second-order valence-corrected chi connectivity index (χ2v) is 6.10. The van der Waals surface area contributed by atoms with E-state index < -0.39 is 0 Å². The highest BCUT2D eigenvalue weighted by molar-refractivity contribution is 5.94. The van der Waals surface area contributed by atoms with Gasteiger partial charge in [-0.25, -0.2) is 9.97 Å². The first-order chi connectivity index (χ1) is 12.3. The Labute approximate surface area is 151 Å². The van der Waals surface area contributed by atoms with Crippen LogP contribution >= 0.6 is 0 Å². The molecule has 0 aliphatic rings. The summed E-state index contributed by atoms with van der Waals surface area (Å²) in [5.41, 5.74) is 8.63. The van der Waals surface area contributed by atoms with E-state index >= 15 is 0 Å². The first kappa shape index (κ1) is 17.5. The number of hydrogen-bond donors (Lipinski definition) is 1. The standard InChI is InChI=1S/C18H20N6O2/c1-10-9-15(22-18(19)20-10)13-5-7-14(8-6-13)17(25)24(4)11(2)16-21-12(3)23-26-16/h5-9,11H,1-4H3,(H2,19,20,22)/t11-/m0/s1. The van der Waals surface area contributed by atoms with Gasteiger partial charge in [0.1, 0.15) is 6.04 Å². The third-order valence-electron chi connectivity index (χ3n) is 4.10. The molecule has 1 aromatic carbocycles. The summed E-state index contributed by atoms with van der Waals surface area (Å²) in [5, 5.41) is 3.77. The Bertz CT molecular complexity index is 915. The number of rotatable bonds is 4. The maximum absolute atomic E-state index is 12.7. The van der Waals surface area contributed by atoms with Crippen molar-refractivity contribution in [3.63, 3.8) is 0 Å². The van der Waals surface area contributed by atoms with E-state index in [4.69, 9.17) is 10.3 Å². The molecule has 2 N–H and O–H groups in total. The van der Waals surface area contributed by atoms with Gasteiger partial charge in [0.25, 0.3) is 5.91 Å². The van der Waals surface area contributed by atoms with Crippen molar-refractivity contribution in [2.45, 2.75) is 26.8 Å². The Hall–Kier alpha value is -3.29. The van der Waals surface area contributed by atoms with E-state index in [0.29, 0.717) is 17.3 Å². The topological polar surface area (TPSA) is 111 Å². The van der Waals surface area contributed by atoms with E-state index in [0.717, 1.165) is 17.0 Å². The molecular formula is C18H20N6O2. The second kappa shape index (κ2) is 6.91. The zero-order valence-electron chi connectivity index (χ0n) is 15.1. The van der Waals surface area contributed by atoms with Gasteiger partial charge < -0.3 is 15.2 Å². The number of carbonyl (C=O) groups is 1. The van der Waals surface area contributed by atoms with Crippen LogP contribution in [0.15, 0.2) is 34.9 Å². The molecule has 26 heavy (non-hydrogen) atoms.